The van der Waals surface area contributed by atoms with Crippen LogP contribution in [0.15, 0.2) is 24.3 Å². The molecule has 1 amide bonds. The molecule has 0 heterocycles. The Morgan fingerprint density at radius 1 is 1.17 bits per heavy atom. The predicted octanol–water partition coefficient (Wildman–Crippen LogP) is 1.45. The molecule has 1 N–H and O–H groups in total. The molecular formula is C13H15NO4. The second-order valence-corrected chi connectivity index (χ2v) is 3.90. The third-order valence-electron chi connectivity index (χ3n) is 2.29. The molecule has 0 aromatic heterocycles. The SMILES string of the molecule is CC(=O)OC(C(C)=O)C(=O)Nc1ccccc1C. The van der Waals surface area contributed by atoms with E-state index < -0.39 is 23.8 Å². The number of carbonyl (C=O) groups excluding carboxylic acids is 3. The minimum atomic E-state index is -1.40. The van der Waals surface area contributed by atoms with Gasteiger partial charge in [0.2, 0.25) is 6.10 Å². The van der Waals surface area contributed by atoms with Gasteiger partial charge in [0.05, 0.1) is 0 Å². The number of ether oxygens (including phenoxy) is 1. The molecule has 0 saturated heterocycles. The van der Waals surface area contributed by atoms with E-state index in [4.69, 9.17) is 0 Å². The summed E-state index contributed by atoms with van der Waals surface area (Å²) in [4.78, 5) is 33.9. The maximum atomic E-state index is 11.8. The maximum Gasteiger partial charge on any atom is 0.303 e. The van der Waals surface area contributed by atoms with Crippen LogP contribution in [-0.2, 0) is 19.1 Å². The Morgan fingerprint density at radius 2 is 1.78 bits per heavy atom. The first-order valence-corrected chi connectivity index (χ1v) is 5.46. The number of Topliss-reactive ketones (excluding diaryl/α,β-unsaturated/α-hetero) is 1. The fourth-order valence-corrected chi connectivity index (χ4v) is 1.40. The van der Waals surface area contributed by atoms with Gasteiger partial charge in [-0.1, -0.05) is 18.2 Å². The van der Waals surface area contributed by atoms with Crippen LogP contribution >= 0.6 is 0 Å². The minimum absolute atomic E-state index is 0.517. The summed E-state index contributed by atoms with van der Waals surface area (Å²) in [6, 6.07) is 7.12. The lowest BCUT2D eigenvalue weighted by atomic mass is 10.2. The van der Waals surface area contributed by atoms with Crippen LogP contribution in [0.1, 0.15) is 19.4 Å². The van der Waals surface area contributed by atoms with E-state index in [0.29, 0.717) is 5.69 Å². The van der Waals surface area contributed by atoms with Crippen LogP contribution in [0.3, 0.4) is 0 Å². The van der Waals surface area contributed by atoms with Gasteiger partial charge in [-0.2, -0.15) is 0 Å². The molecule has 0 saturated carbocycles. The number of amides is 1. The molecule has 5 heteroatoms. The van der Waals surface area contributed by atoms with E-state index >= 15 is 0 Å². The third-order valence-corrected chi connectivity index (χ3v) is 2.29. The van der Waals surface area contributed by atoms with Crippen molar-refractivity contribution in [3.05, 3.63) is 29.8 Å². The Kier molecular flexibility index (Phi) is 4.59. The quantitative estimate of drug-likeness (QED) is 0.647. The smallest absolute Gasteiger partial charge is 0.303 e. The molecular weight excluding hydrogens is 234 g/mol. The second-order valence-electron chi connectivity index (χ2n) is 3.90. The van der Waals surface area contributed by atoms with E-state index in [1.54, 1.807) is 12.1 Å². The van der Waals surface area contributed by atoms with Gasteiger partial charge in [-0.15, -0.1) is 0 Å². The summed E-state index contributed by atoms with van der Waals surface area (Å²) in [7, 11) is 0. The summed E-state index contributed by atoms with van der Waals surface area (Å²) in [5.41, 5.74) is 1.44. The highest BCUT2D eigenvalue weighted by Crippen LogP contribution is 2.14. The fraction of sp³-hybridized carbons (Fsp3) is 0.308. The lowest BCUT2D eigenvalue weighted by Gasteiger charge is -2.14. The second kappa shape index (κ2) is 5.95. The van der Waals surface area contributed by atoms with E-state index in [2.05, 4.69) is 10.1 Å². The summed E-state index contributed by atoms with van der Waals surface area (Å²) < 4.78 is 4.69. The first kappa shape index (κ1) is 13.9. The number of aryl methyl sites for hydroxylation is 1. The standard InChI is InChI=1S/C13H15NO4/c1-8-6-4-5-7-11(8)14-13(17)12(9(2)15)18-10(3)16/h4-7,12H,1-3H3,(H,14,17). The molecule has 18 heavy (non-hydrogen) atoms. The molecule has 96 valence electrons. The van der Waals surface area contributed by atoms with Crippen molar-refractivity contribution in [2.24, 2.45) is 0 Å². The Balaban J connectivity index is 2.82. The van der Waals surface area contributed by atoms with Crippen molar-refractivity contribution in [1.82, 2.24) is 0 Å². The monoisotopic (exact) mass is 249 g/mol. The molecule has 1 aromatic carbocycles. The highest BCUT2D eigenvalue weighted by atomic mass is 16.5. The largest absolute Gasteiger partial charge is 0.444 e. The van der Waals surface area contributed by atoms with E-state index in [9.17, 15) is 14.4 Å². The highest BCUT2D eigenvalue weighted by Gasteiger charge is 2.26. The van der Waals surface area contributed by atoms with Gasteiger partial charge in [0.25, 0.3) is 5.91 Å². The van der Waals surface area contributed by atoms with Crippen LogP contribution in [0.2, 0.25) is 0 Å². The number of benzene rings is 1. The Labute approximate surface area is 105 Å². The molecule has 1 aromatic rings. The van der Waals surface area contributed by atoms with Crippen molar-refractivity contribution < 1.29 is 19.1 Å². The molecule has 0 radical (unpaired) electrons. The van der Waals surface area contributed by atoms with Crippen molar-refractivity contribution in [3.63, 3.8) is 0 Å². The normalized spacial score (nSPS) is 11.5. The van der Waals surface area contributed by atoms with Crippen molar-refractivity contribution in [2.45, 2.75) is 26.9 Å². The van der Waals surface area contributed by atoms with Crippen molar-refractivity contribution >= 4 is 23.3 Å². The average Bonchev–Trinajstić information content (AvgIpc) is 2.28. The summed E-state index contributed by atoms with van der Waals surface area (Å²) in [5, 5.41) is 2.56. The zero-order chi connectivity index (χ0) is 13.7. The van der Waals surface area contributed by atoms with Crippen LogP contribution in [0, 0.1) is 6.92 Å². The van der Waals surface area contributed by atoms with Gasteiger partial charge >= 0.3 is 5.97 Å². The summed E-state index contributed by atoms with van der Waals surface area (Å²) in [5.74, 6) is -1.83. The van der Waals surface area contributed by atoms with Gasteiger partial charge in [0.15, 0.2) is 5.78 Å². The number of nitrogens with one attached hydrogen (secondary N) is 1. The molecule has 0 spiro atoms. The van der Waals surface area contributed by atoms with E-state index in [-0.39, 0.29) is 0 Å². The molecule has 1 unspecified atom stereocenters. The topological polar surface area (TPSA) is 72.5 Å². The lowest BCUT2D eigenvalue weighted by Crippen LogP contribution is -2.37. The van der Waals surface area contributed by atoms with Gasteiger partial charge in [0.1, 0.15) is 0 Å². The predicted molar refractivity (Wildman–Crippen MR) is 66.0 cm³/mol. The van der Waals surface area contributed by atoms with Crippen molar-refractivity contribution in [3.8, 4) is 0 Å². The zero-order valence-corrected chi connectivity index (χ0v) is 10.5. The number of ketones is 1. The number of esters is 1. The number of carbonyl (C=O) groups is 3. The Bertz CT molecular complexity index is 482. The zero-order valence-electron chi connectivity index (χ0n) is 10.5. The number of rotatable bonds is 4. The molecule has 5 nitrogen and oxygen atoms in total. The number of anilines is 1. The fourth-order valence-electron chi connectivity index (χ4n) is 1.40. The Morgan fingerprint density at radius 3 is 2.28 bits per heavy atom. The average molecular weight is 249 g/mol. The molecule has 1 atom stereocenters. The summed E-state index contributed by atoms with van der Waals surface area (Å²) >= 11 is 0. The lowest BCUT2D eigenvalue weighted by molar-refractivity contribution is -0.157. The van der Waals surface area contributed by atoms with Gasteiger partial charge < -0.3 is 10.1 Å². The number of hydrogen-bond acceptors (Lipinski definition) is 4. The van der Waals surface area contributed by atoms with Gasteiger partial charge in [-0.25, -0.2) is 0 Å². The van der Waals surface area contributed by atoms with Crippen LogP contribution in [0.5, 0.6) is 0 Å². The molecule has 1 rings (SSSR count). The van der Waals surface area contributed by atoms with E-state index in [1.807, 2.05) is 19.1 Å². The molecule has 0 fully saturated rings. The van der Waals surface area contributed by atoms with Gasteiger partial charge in [-0.3, -0.25) is 14.4 Å². The van der Waals surface area contributed by atoms with Crippen LogP contribution in [-0.4, -0.2) is 23.8 Å². The van der Waals surface area contributed by atoms with Gasteiger partial charge in [-0.05, 0) is 25.5 Å². The number of hydrogen-bond donors (Lipinski definition) is 1. The van der Waals surface area contributed by atoms with Crippen molar-refractivity contribution in [1.29, 1.82) is 0 Å². The van der Waals surface area contributed by atoms with E-state index in [0.717, 1.165) is 12.5 Å². The first-order chi connectivity index (χ1) is 8.41. The summed E-state index contributed by atoms with van der Waals surface area (Å²) in [6.07, 6.45) is -1.40. The Hall–Kier alpha value is -2.17. The first-order valence-electron chi connectivity index (χ1n) is 5.46. The molecule has 0 aliphatic carbocycles. The van der Waals surface area contributed by atoms with Crippen LogP contribution in [0.4, 0.5) is 5.69 Å². The van der Waals surface area contributed by atoms with Crippen molar-refractivity contribution in [2.75, 3.05) is 5.32 Å². The van der Waals surface area contributed by atoms with E-state index in [1.165, 1.54) is 6.92 Å². The maximum absolute atomic E-state index is 11.8. The van der Waals surface area contributed by atoms with Gasteiger partial charge in [0, 0.05) is 12.6 Å². The van der Waals surface area contributed by atoms with Crippen LogP contribution in [0.25, 0.3) is 0 Å². The highest BCUT2D eigenvalue weighted by molar-refractivity contribution is 6.10. The molecule has 0 aliphatic heterocycles. The molecule has 0 aliphatic rings. The summed E-state index contributed by atoms with van der Waals surface area (Å²) in [6.45, 7) is 4.17. The molecule has 0 bridgehead atoms. The third kappa shape index (κ3) is 3.69. The number of para-hydroxylation sites is 1. The van der Waals surface area contributed by atoms with Crippen LogP contribution < -0.4 is 5.32 Å². The minimum Gasteiger partial charge on any atom is -0.444 e.